The number of allylic oxidation sites excluding steroid dienone is 1. The number of imidazole rings is 1. The number of fused-ring (bicyclic) bond motifs is 1. The van der Waals surface area contributed by atoms with Gasteiger partial charge in [-0.15, -0.1) is 0 Å². The maximum absolute atomic E-state index is 11.5. The Morgan fingerprint density at radius 3 is 2.72 bits per heavy atom. The van der Waals surface area contributed by atoms with Crippen molar-refractivity contribution >= 4 is 29.0 Å². The summed E-state index contributed by atoms with van der Waals surface area (Å²) < 4.78 is 1.97. The molecule has 0 aliphatic heterocycles. The van der Waals surface area contributed by atoms with Gasteiger partial charge in [-0.25, -0.2) is 4.98 Å². The van der Waals surface area contributed by atoms with Crippen LogP contribution in [0.1, 0.15) is 30.0 Å². The van der Waals surface area contributed by atoms with Crippen LogP contribution in [0.25, 0.3) is 5.65 Å². The molecular formula is C17H17ClN6O. The lowest BCUT2D eigenvalue weighted by Crippen LogP contribution is -2.29. The van der Waals surface area contributed by atoms with Gasteiger partial charge in [-0.2, -0.15) is 0 Å². The molecule has 7 nitrogen and oxygen atoms in total. The number of amides is 1. The number of carbonyl (C=O) groups is 1. The lowest BCUT2D eigenvalue weighted by molar-refractivity contribution is -0.114. The highest BCUT2D eigenvalue weighted by atomic mass is 35.5. The summed E-state index contributed by atoms with van der Waals surface area (Å²) in [6.07, 6.45) is 5.99. The predicted octanol–water partition coefficient (Wildman–Crippen LogP) is 0.902. The lowest BCUT2D eigenvalue weighted by Gasteiger charge is -2.04. The van der Waals surface area contributed by atoms with Gasteiger partial charge < -0.3 is 21.6 Å². The highest BCUT2D eigenvalue weighted by Crippen LogP contribution is 2.40. The number of halogens is 1. The van der Waals surface area contributed by atoms with Gasteiger partial charge in [0.25, 0.3) is 5.91 Å². The van der Waals surface area contributed by atoms with Gasteiger partial charge in [-0.1, -0.05) is 17.5 Å². The first-order valence-electron chi connectivity index (χ1n) is 7.63. The topological polar surface area (TPSA) is 125 Å². The highest BCUT2D eigenvalue weighted by molar-refractivity contribution is 6.31. The van der Waals surface area contributed by atoms with Crippen molar-refractivity contribution in [2.24, 2.45) is 22.2 Å². The lowest BCUT2D eigenvalue weighted by atomic mass is 10.1. The van der Waals surface area contributed by atoms with E-state index in [0.717, 1.165) is 11.3 Å². The third kappa shape index (κ3) is 3.30. The molecule has 8 heteroatoms. The van der Waals surface area contributed by atoms with Crippen molar-refractivity contribution < 1.29 is 4.79 Å². The molecule has 0 atom stereocenters. The Morgan fingerprint density at radius 1 is 1.40 bits per heavy atom. The first kappa shape index (κ1) is 16.9. The van der Waals surface area contributed by atoms with Crippen LogP contribution in [-0.2, 0) is 4.79 Å². The molecule has 6 N–H and O–H groups in total. The van der Waals surface area contributed by atoms with Gasteiger partial charge >= 0.3 is 0 Å². The predicted molar refractivity (Wildman–Crippen MR) is 97.0 cm³/mol. The van der Waals surface area contributed by atoms with Crippen molar-refractivity contribution in [2.75, 3.05) is 7.05 Å². The molecule has 0 spiro atoms. The van der Waals surface area contributed by atoms with E-state index >= 15 is 0 Å². The molecule has 1 aliphatic carbocycles. The van der Waals surface area contributed by atoms with E-state index in [-0.39, 0.29) is 17.1 Å². The van der Waals surface area contributed by atoms with Crippen LogP contribution in [0.2, 0.25) is 5.02 Å². The maximum Gasteiger partial charge on any atom is 0.255 e. The summed E-state index contributed by atoms with van der Waals surface area (Å²) >= 11 is 6.32. The van der Waals surface area contributed by atoms with Crippen molar-refractivity contribution in [1.82, 2.24) is 9.38 Å². The number of primary amides is 1. The first-order valence-corrected chi connectivity index (χ1v) is 8.01. The van der Waals surface area contributed by atoms with Crippen molar-refractivity contribution in [3.8, 4) is 11.8 Å². The number of nitrogens with zero attached hydrogens (tertiary/aromatic N) is 3. The van der Waals surface area contributed by atoms with Crippen LogP contribution in [0.3, 0.4) is 0 Å². The van der Waals surface area contributed by atoms with E-state index in [9.17, 15) is 4.79 Å². The fourth-order valence-electron chi connectivity index (χ4n) is 2.50. The van der Waals surface area contributed by atoms with E-state index in [1.165, 1.54) is 19.9 Å². The van der Waals surface area contributed by atoms with E-state index < -0.39 is 5.91 Å². The Balaban J connectivity index is 2.02. The molecule has 0 radical (unpaired) electrons. The number of nitrogens with two attached hydrogens (primary N) is 3. The van der Waals surface area contributed by atoms with Crippen LogP contribution in [0.5, 0.6) is 0 Å². The van der Waals surface area contributed by atoms with Crippen molar-refractivity contribution in [3.63, 3.8) is 0 Å². The van der Waals surface area contributed by atoms with Gasteiger partial charge in [-0.3, -0.25) is 9.79 Å². The molecule has 1 amide bonds. The summed E-state index contributed by atoms with van der Waals surface area (Å²) in [5, 5.41) is 0.463. The van der Waals surface area contributed by atoms with Gasteiger partial charge in [0.2, 0.25) is 0 Å². The molecule has 0 bridgehead atoms. The Labute approximate surface area is 149 Å². The smallest absolute Gasteiger partial charge is 0.255 e. The number of amidine groups is 1. The number of hydrogen-bond donors (Lipinski definition) is 3. The highest BCUT2D eigenvalue weighted by Gasteiger charge is 2.26. The molecule has 0 aromatic carbocycles. The number of aromatic nitrogens is 2. The Morgan fingerprint density at radius 2 is 2.12 bits per heavy atom. The normalized spacial score (nSPS) is 15.5. The largest absolute Gasteiger partial charge is 0.391 e. The number of pyridine rings is 1. The van der Waals surface area contributed by atoms with Crippen LogP contribution < -0.4 is 17.2 Å². The van der Waals surface area contributed by atoms with Crippen LogP contribution in [0.4, 0.5) is 0 Å². The molecule has 3 rings (SSSR count). The van der Waals surface area contributed by atoms with E-state index in [1.807, 2.05) is 10.6 Å². The van der Waals surface area contributed by atoms with Crippen molar-refractivity contribution in [1.29, 1.82) is 0 Å². The molecule has 25 heavy (non-hydrogen) atoms. The minimum absolute atomic E-state index is 0.0615. The molecule has 2 aromatic heterocycles. The zero-order valence-corrected chi connectivity index (χ0v) is 14.3. The summed E-state index contributed by atoms with van der Waals surface area (Å²) in [6.45, 7) is 0. The fourth-order valence-corrected chi connectivity index (χ4v) is 2.70. The van der Waals surface area contributed by atoms with E-state index in [1.54, 1.807) is 12.3 Å². The minimum Gasteiger partial charge on any atom is -0.391 e. The third-order valence-corrected chi connectivity index (χ3v) is 4.27. The summed E-state index contributed by atoms with van der Waals surface area (Å²) in [5.74, 6) is 5.20. The quantitative estimate of drug-likeness (QED) is 0.327. The van der Waals surface area contributed by atoms with E-state index in [4.69, 9.17) is 28.8 Å². The Bertz CT molecular complexity index is 988. The van der Waals surface area contributed by atoms with Gasteiger partial charge in [-0.05, 0) is 24.8 Å². The molecule has 1 fully saturated rings. The van der Waals surface area contributed by atoms with Gasteiger partial charge in [0.15, 0.2) is 0 Å². The second kappa shape index (κ2) is 6.49. The van der Waals surface area contributed by atoms with Crippen molar-refractivity contribution in [2.45, 2.75) is 18.8 Å². The monoisotopic (exact) mass is 356 g/mol. The van der Waals surface area contributed by atoms with Crippen molar-refractivity contribution in [3.05, 3.63) is 46.0 Å². The van der Waals surface area contributed by atoms with E-state index in [2.05, 4.69) is 21.8 Å². The zero-order chi connectivity index (χ0) is 18.1. The minimum atomic E-state index is -0.793. The fraction of sp³-hybridized carbons (Fsp3) is 0.235. The summed E-state index contributed by atoms with van der Waals surface area (Å²) in [7, 11) is 1.43. The number of aliphatic imine (C=N–C) groups is 1. The molecule has 1 saturated carbocycles. The molecule has 2 heterocycles. The second-order valence-corrected chi connectivity index (χ2v) is 6.14. The van der Waals surface area contributed by atoms with Crippen LogP contribution in [0, 0.1) is 11.8 Å². The van der Waals surface area contributed by atoms with Gasteiger partial charge in [0.1, 0.15) is 17.1 Å². The van der Waals surface area contributed by atoms with Gasteiger partial charge in [0, 0.05) is 36.6 Å². The summed E-state index contributed by atoms with van der Waals surface area (Å²) in [5.41, 5.74) is 19.0. The third-order valence-electron chi connectivity index (χ3n) is 3.97. The standard InChI is InChI=1S/C17H17ClN6O/c1-22-16(20)15(17(21)25)12(19)5-4-10-6-14-23-7-13(9-2-3-9)24(14)8-11(10)18/h6-9H,2-3,19H2,1H3,(H2,20,22)(H2,21,25)/b15-12+. The zero-order valence-electron chi connectivity index (χ0n) is 13.6. The average Bonchev–Trinajstić information content (AvgIpc) is 3.33. The van der Waals surface area contributed by atoms with Crippen LogP contribution >= 0.6 is 11.6 Å². The molecular weight excluding hydrogens is 340 g/mol. The molecule has 128 valence electrons. The van der Waals surface area contributed by atoms with Crippen LogP contribution in [0.15, 0.2) is 34.7 Å². The number of hydrogen-bond acceptors (Lipinski definition) is 4. The Kier molecular flexibility index (Phi) is 4.38. The number of rotatable bonds is 3. The van der Waals surface area contributed by atoms with Gasteiger partial charge in [0.05, 0.1) is 10.7 Å². The maximum atomic E-state index is 11.5. The molecule has 1 aliphatic rings. The molecule has 0 saturated heterocycles. The summed E-state index contributed by atoms with van der Waals surface area (Å²) in [6, 6.07) is 1.77. The molecule has 2 aromatic rings. The van der Waals surface area contributed by atoms with E-state index in [0.29, 0.717) is 16.5 Å². The Hall–Kier alpha value is -2.98. The SMILES string of the molecule is CN=C(N)/C(C(N)=O)=C(\N)C#Cc1cc2ncc(C3CC3)n2cc1Cl. The molecule has 0 unspecified atom stereocenters. The average molecular weight is 357 g/mol. The number of carbonyl (C=O) groups excluding carboxylic acids is 1. The van der Waals surface area contributed by atoms with Crippen LogP contribution in [-0.4, -0.2) is 28.2 Å². The first-order chi connectivity index (χ1) is 11.9. The second-order valence-electron chi connectivity index (χ2n) is 5.73. The summed E-state index contributed by atoms with van der Waals surface area (Å²) in [4.78, 5) is 19.6.